The van der Waals surface area contributed by atoms with E-state index >= 15 is 0 Å². The Morgan fingerprint density at radius 3 is 2.78 bits per heavy atom. The fourth-order valence-corrected chi connectivity index (χ4v) is 3.18. The van der Waals surface area contributed by atoms with Crippen LogP contribution in [0.2, 0.25) is 5.02 Å². The van der Waals surface area contributed by atoms with Crippen LogP contribution in [0.15, 0.2) is 29.6 Å². The molecule has 0 unspecified atom stereocenters. The zero-order valence-corrected chi connectivity index (χ0v) is 14.2. The Bertz CT molecular complexity index is 654. The molecule has 0 radical (unpaired) electrons. The minimum absolute atomic E-state index is 0.141. The molecule has 0 atom stereocenters. The lowest BCUT2D eigenvalue weighted by atomic mass is 10.2. The van der Waals surface area contributed by atoms with Gasteiger partial charge in [-0.1, -0.05) is 11.6 Å². The van der Waals surface area contributed by atoms with E-state index in [0.29, 0.717) is 18.1 Å². The average molecular weight is 352 g/mol. The maximum Gasteiger partial charge on any atom is 0.228 e. The van der Waals surface area contributed by atoms with Crippen molar-refractivity contribution in [1.29, 1.82) is 0 Å². The van der Waals surface area contributed by atoms with E-state index in [1.165, 1.54) is 11.3 Å². The number of benzene rings is 1. The molecule has 3 rings (SSSR count). The van der Waals surface area contributed by atoms with E-state index in [1.54, 1.807) is 12.1 Å². The standard InChI is InChI=1S/C16H18ClN3O2S/c17-12-1-3-14(4-2-12)22-10-15-19-13(11-23-15)9-16(21)20-7-5-18-6-8-20/h1-4,11,18H,5-10H2. The lowest BCUT2D eigenvalue weighted by Gasteiger charge is -2.27. The predicted molar refractivity (Wildman–Crippen MR) is 91.1 cm³/mol. The molecule has 23 heavy (non-hydrogen) atoms. The number of halogens is 1. The molecule has 0 saturated carbocycles. The number of carbonyl (C=O) groups excluding carboxylic acids is 1. The van der Waals surface area contributed by atoms with E-state index in [4.69, 9.17) is 16.3 Å². The zero-order valence-electron chi connectivity index (χ0n) is 12.6. The highest BCUT2D eigenvalue weighted by Gasteiger charge is 2.17. The Morgan fingerprint density at radius 1 is 1.30 bits per heavy atom. The summed E-state index contributed by atoms with van der Waals surface area (Å²) in [6.45, 7) is 3.67. The van der Waals surface area contributed by atoms with Crippen molar-refractivity contribution in [3.8, 4) is 5.75 Å². The number of piperazine rings is 1. The molecule has 1 fully saturated rings. The molecule has 1 aromatic carbocycles. The van der Waals surface area contributed by atoms with Crippen molar-refractivity contribution in [2.24, 2.45) is 0 Å². The fraction of sp³-hybridized carbons (Fsp3) is 0.375. The number of ether oxygens (including phenoxy) is 1. The van der Waals surface area contributed by atoms with Gasteiger partial charge < -0.3 is 15.0 Å². The van der Waals surface area contributed by atoms with Gasteiger partial charge in [0.25, 0.3) is 0 Å². The zero-order chi connectivity index (χ0) is 16.1. The number of hydrogen-bond donors (Lipinski definition) is 1. The highest BCUT2D eigenvalue weighted by Crippen LogP contribution is 2.18. The normalized spacial score (nSPS) is 14.7. The van der Waals surface area contributed by atoms with Gasteiger partial charge >= 0.3 is 0 Å². The van der Waals surface area contributed by atoms with Crippen LogP contribution in [-0.4, -0.2) is 42.0 Å². The second-order valence-electron chi connectivity index (χ2n) is 5.28. The molecule has 0 aliphatic carbocycles. The van der Waals surface area contributed by atoms with Crippen molar-refractivity contribution in [3.63, 3.8) is 0 Å². The van der Waals surface area contributed by atoms with E-state index < -0.39 is 0 Å². The van der Waals surface area contributed by atoms with Crippen molar-refractivity contribution in [2.75, 3.05) is 26.2 Å². The van der Waals surface area contributed by atoms with Crippen LogP contribution in [0.25, 0.3) is 0 Å². The highest BCUT2D eigenvalue weighted by atomic mass is 35.5. The number of amides is 1. The summed E-state index contributed by atoms with van der Waals surface area (Å²) in [7, 11) is 0. The summed E-state index contributed by atoms with van der Waals surface area (Å²) in [5, 5.41) is 6.72. The van der Waals surface area contributed by atoms with Crippen LogP contribution in [0.5, 0.6) is 5.75 Å². The van der Waals surface area contributed by atoms with Crippen LogP contribution in [0.1, 0.15) is 10.7 Å². The van der Waals surface area contributed by atoms with Gasteiger partial charge in [0.15, 0.2) is 0 Å². The van der Waals surface area contributed by atoms with Crippen molar-refractivity contribution < 1.29 is 9.53 Å². The highest BCUT2D eigenvalue weighted by molar-refractivity contribution is 7.09. The monoisotopic (exact) mass is 351 g/mol. The predicted octanol–water partition coefficient (Wildman–Crippen LogP) is 2.35. The first-order valence-corrected chi connectivity index (χ1v) is 8.76. The molecule has 5 nitrogen and oxygen atoms in total. The van der Waals surface area contributed by atoms with Gasteiger partial charge in [-0.05, 0) is 24.3 Å². The van der Waals surface area contributed by atoms with E-state index in [-0.39, 0.29) is 5.91 Å². The van der Waals surface area contributed by atoms with Crippen molar-refractivity contribution >= 4 is 28.8 Å². The van der Waals surface area contributed by atoms with Gasteiger partial charge in [0.2, 0.25) is 5.91 Å². The van der Waals surface area contributed by atoms with Crippen LogP contribution in [0, 0.1) is 0 Å². The summed E-state index contributed by atoms with van der Waals surface area (Å²) >= 11 is 7.35. The molecule has 0 spiro atoms. The summed E-state index contributed by atoms with van der Waals surface area (Å²) in [5.74, 6) is 0.894. The van der Waals surface area contributed by atoms with Gasteiger partial charge in [-0.3, -0.25) is 4.79 Å². The van der Waals surface area contributed by atoms with Crippen molar-refractivity contribution in [1.82, 2.24) is 15.2 Å². The third kappa shape index (κ3) is 4.67. The van der Waals surface area contributed by atoms with E-state index in [1.807, 2.05) is 22.4 Å². The molecule has 2 aromatic rings. The molecule has 1 aromatic heterocycles. The lowest BCUT2D eigenvalue weighted by Crippen LogP contribution is -2.46. The molecule has 1 aliphatic heterocycles. The van der Waals surface area contributed by atoms with Gasteiger partial charge in [0, 0.05) is 36.6 Å². The third-order valence-corrected chi connectivity index (χ3v) is 4.70. The molecule has 1 N–H and O–H groups in total. The maximum atomic E-state index is 12.2. The Morgan fingerprint density at radius 2 is 2.04 bits per heavy atom. The number of hydrogen-bond acceptors (Lipinski definition) is 5. The van der Waals surface area contributed by atoms with Crippen molar-refractivity contribution in [2.45, 2.75) is 13.0 Å². The Kier molecular flexibility index (Phi) is 5.48. The Labute approximate surface area is 144 Å². The number of nitrogens with zero attached hydrogens (tertiary/aromatic N) is 2. The first-order valence-electron chi connectivity index (χ1n) is 7.51. The number of nitrogens with one attached hydrogen (secondary N) is 1. The molecule has 0 bridgehead atoms. The third-order valence-electron chi connectivity index (χ3n) is 3.58. The number of thiazole rings is 1. The maximum absolute atomic E-state index is 12.2. The van der Waals surface area contributed by atoms with Crippen molar-refractivity contribution in [3.05, 3.63) is 45.4 Å². The van der Waals surface area contributed by atoms with E-state index in [2.05, 4.69) is 10.3 Å². The minimum Gasteiger partial charge on any atom is -0.486 e. The molecule has 1 amide bonds. The second kappa shape index (κ2) is 7.77. The molecular formula is C16H18ClN3O2S. The van der Waals surface area contributed by atoms with Crippen LogP contribution >= 0.6 is 22.9 Å². The molecule has 1 saturated heterocycles. The summed E-state index contributed by atoms with van der Waals surface area (Å²) in [6, 6.07) is 7.22. The molecule has 7 heteroatoms. The summed E-state index contributed by atoms with van der Waals surface area (Å²) in [6.07, 6.45) is 0.359. The van der Waals surface area contributed by atoms with Crippen LogP contribution in [0.4, 0.5) is 0 Å². The van der Waals surface area contributed by atoms with E-state index in [0.717, 1.165) is 42.6 Å². The first-order chi connectivity index (χ1) is 11.2. The molecular weight excluding hydrogens is 334 g/mol. The molecule has 2 heterocycles. The smallest absolute Gasteiger partial charge is 0.228 e. The largest absolute Gasteiger partial charge is 0.486 e. The quantitative estimate of drug-likeness (QED) is 0.898. The second-order valence-corrected chi connectivity index (χ2v) is 6.66. The minimum atomic E-state index is 0.141. The number of carbonyl (C=O) groups is 1. The lowest BCUT2D eigenvalue weighted by molar-refractivity contribution is -0.131. The number of aromatic nitrogens is 1. The summed E-state index contributed by atoms with van der Waals surface area (Å²) in [5.41, 5.74) is 0.813. The average Bonchev–Trinajstić information content (AvgIpc) is 3.02. The van der Waals surface area contributed by atoms with E-state index in [9.17, 15) is 4.79 Å². The fourth-order valence-electron chi connectivity index (χ4n) is 2.35. The summed E-state index contributed by atoms with van der Waals surface area (Å²) in [4.78, 5) is 18.6. The Balaban J connectivity index is 1.51. The van der Waals surface area contributed by atoms with Gasteiger partial charge in [-0.2, -0.15) is 0 Å². The summed E-state index contributed by atoms with van der Waals surface area (Å²) < 4.78 is 5.67. The first kappa shape index (κ1) is 16.2. The Hall–Kier alpha value is -1.63. The number of rotatable bonds is 5. The van der Waals surface area contributed by atoms with Crippen LogP contribution < -0.4 is 10.1 Å². The van der Waals surface area contributed by atoms with Gasteiger partial charge in [-0.25, -0.2) is 4.98 Å². The van der Waals surface area contributed by atoms with Gasteiger partial charge in [0.1, 0.15) is 17.4 Å². The van der Waals surface area contributed by atoms with Crippen LogP contribution in [-0.2, 0) is 17.8 Å². The van der Waals surface area contributed by atoms with Gasteiger partial charge in [0.05, 0.1) is 12.1 Å². The molecule has 1 aliphatic rings. The SMILES string of the molecule is O=C(Cc1csc(COc2ccc(Cl)cc2)n1)N1CCNCC1. The molecule has 122 valence electrons. The topological polar surface area (TPSA) is 54.5 Å². The van der Waals surface area contributed by atoms with Gasteiger partial charge in [-0.15, -0.1) is 11.3 Å². The van der Waals surface area contributed by atoms with Crippen LogP contribution in [0.3, 0.4) is 0 Å².